The van der Waals surface area contributed by atoms with Crippen LogP contribution in [-0.4, -0.2) is 11.5 Å². The van der Waals surface area contributed by atoms with Crippen molar-refractivity contribution >= 4 is 11.8 Å². The summed E-state index contributed by atoms with van der Waals surface area (Å²) in [7, 11) is 0. The Morgan fingerprint density at radius 2 is 2.30 bits per heavy atom. The zero-order valence-electron chi connectivity index (χ0n) is 5.97. The Bertz CT molecular complexity index is 172. The van der Waals surface area contributed by atoms with E-state index in [4.69, 9.17) is 5.26 Å². The summed E-state index contributed by atoms with van der Waals surface area (Å²) in [6.45, 7) is 0. The second-order valence-corrected chi connectivity index (χ2v) is 4.48. The van der Waals surface area contributed by atoms with Gasteiger partial charge in [0.05, 0.1) is 11.5 Å². The van der Waals surface area contributed by atoms with Gasteiger partial charge in [0.25, 0.3) is 0 Å². The Hall–Kier alpha value is -0.160. The van der Waals surface area contributed by atoms with Gasteiger partial charge in [-0.3, -0.25) is 0 Å². The molecule has 1 aliphatic heterocycles. The minimum atomic E-state index is 0.156. The lowest BCUT2D eigenvalue weighted by Crippen LogP contribution is -2.12. The highest BCUT2D eigenvalue weighted by atomic mass is 32.2. The molecule has 2 fully saturated rings. The van der Waals surface area contributed by atoms with Crippen LogP contribution < -0.4 is 0 Å². The Morgan fingerprint density at radius 3 is 2.70 bits per heavy atom. The van der Waals surface area contributed by atoms with Crippen LogP contribution in [0.25, 0.3) is 0 Å². The van der Waals surface area contributed by atoms with Gasteiger partial charge in [-0.25, -0.2) is 0 Å². The van der Waals surface area contributed by atoms with Crippen molar-refractivity contribution < 1.29 is 0 Å². The summed E-state index contributed by atoms with van der Waals surface area (Å²) < 4.78 is 0. The first kappa shape index (κ1) is 6.54. The van der Waals surface area contributed by atoms with Gasteiger partial charge in [-0.05, 0) is 36.7 Å². The third kappa shape index (κ3) is 0.845. The van der Waals surface area contributed by atoms with E-state index in [0.717, 1.165) is 5.92 Å². The van der Waals surface area contributed by atoms with Crippen LogP contribution in [0.5, 0.6) is 0 Å². The molecule has 0 bridgehead atoms. The zero-order chi connectivity index (χ0) is 7.03. The van der Waals surface area contributed by atoms with Crippen LogP contribution in [0, 0.1) is 22.7 Å². The molecule has 1 atom stereocenters. The van der Waals surface area contributed by atoms with Gasteiger partial charge in [0.1, 0.15) is 0 Å². The lowest BCUT2D eigenvalue weighted by Gasteiger charge is -2.11. The van der Waals surface area contributed by atoms with Crippen LogP contribution >= 0.6 is 11.8 Å². The van der Waals surface area contributed by atoms with Gasteiger partial charge in [-0.15, -0.1) is 0 Å². The Balaban J connectivity index is 2.05. The van der Waals surface area contributed by atoms with Crippen molar-refractivity contribution in [2.75, 3.05) is 11.5 Å². The third-order valence-electron chi connectivity index (χ3n) is 2.72. The smallest absolute Gasteiger partial charge is 0.0693 e. The summed E-state index contributed by atoms with van der Waals surface area (Å²) in [5.74, 6) is 3.27. The topological polar surface area (TPSA) is 23.8 Å². The van der Waals surface area contributed by atoms with E-state index in [2.05, 4.69) is 6.07 Å². The van der Waals surface area contributed by atoms with Crippen LogP contribution in [0.3, 0.4) is 0 Å². The monoisotopic (exact) mass is 153 g/mol. The van der Waals surface area contributed by atoms with Gasteiger partial charge in [-0.2, -0.15) is 17.0 Å². The number of hydrogen-bond acceptors (Lipinski definition) is 2. The first-order valence-corrected chi connectivity index (χ1v) is 5.02. The van der Waals surface area contributed by atoms with Crippen LogP contribution in [0.4, 0.5) is 0 Å². The van der Waals surface area contributed by atoms with Gasteiger partial charge < -0.3 is 0 Å². The molecule has 0 aromatic rings. The van der Waals surface area contributed by atoms with Crippen LogP contribution in [0.15, 0.2) is 0 Å². The molecule has 0 amide bonds. The fraction of sp³-hybridized carbons (Fsp3) is 0.875. The lowest BCUT2D eigenvalue weighted by molar-refractivity contribution is 0.430. The lowest BCUT2D eigenvalue weighted by atomic mass is 9.90. The van der Waals surface area contributed by atoms with Gasteiger partial charge in [0.15, 0.2) is 0 Å². The quantitative estimate of drug-likeness (QED) is 0.575. The number of hydrogen-bond donors (Lipinski definition) is 0. The number of nitrogens with zero attached hydrogens (tertiary/aromatic N) is 1. The normalized spacial score (nSPS) is 35.3. The average Bonchev–Trinajstić information content (AvgIpc) is 2.58. The molecule has 10 heavy (non-hydrogen) atoms. The summed E-state index contributed by atoms with van der Waals surface area (Å²) in [6.07, 6.45) is 3.64. The second kappa shape index (κ2) is 2.17. The molecule has 0 spiro atoms. The number of rotatable bonds is 1. The van der Waals surface area contributed by atoms with E-state index < -0.39 is 0 Å². The van der Waals surface area contributed by atoms with E-state index in [1.165, 1.54) is 30.8 Å². The fourth-order valence-corrected chi connectivity index (χ4v) is 3.10. The second-order valence-electron chi connectivity index (χ2n) is 3.33. The maximum atomic E-state index is 8.86. The fourth-order valence-electron chi connectivity index (χ4n) is 1.72. The number of thioether (sulfide) groups is 1. The SMILES string of the molecule is N#CC1(C2CCSC2)CC1. The summed E-state index contributed by atoms with van der Waals surface area (Å²) in [4.78, 5) is 0. The first-order chi connectivity index (χ1) is 4.87. The predicted molar refractivity (Wildman–Crippen MR) is 42.7 cm³/mol. The van der Waals surface area contributed by atoms with Gasteiger partial charge in [-0.1, -0.05) is 0 Å². The Morgan fingerprint density at radius 1 is 1.50 bits per heavy atom. The minimum Gasteiger partial charge on any atom is -0.198 e. The van der Waals surface area contributed by atoms with E-state index in [-0.39, 0.29) is 5.41 Å². The average molecular weight is 153 g/mol. The largest absolute Gasteiger partial charge is 0.198 e. The standard InChI is InChI=1S/C8H11NS/c9-6-8(2-3-8)7-1-4-10-5-7/h7H,1-5H2. The molecule has 0 aromatic carbocycles. The van der Waals surface area contributed by atoms with Crippen molar-refractivity contribution in [2.45, 2.75) is 19.3 Å². The summed E-state index contributed by atoms with van der Waals surface area (Å²) in [5, 5.41) is 8.86. The zero-order valence-corrected chi connectivity index (χ0v) is 6.78. The van der Waals surface area contributed by atoms with Crippen molar-refractivity contribution in [3.05, 3.63) is 0 Å². The molecule has 0 aromatic heterocycles. The molecule has 2 rings (SSSR count). The molecule has 1 unspecified atom stereocenters. The van der Waals surface area contributed by atoms with Crippen LogP contribution in [0.1, 0.15) is 19.3 Å². The summed E-state index contributed by atoms with van der Waals surface area (Å²) in [6, 6.07) is 2.48. The van der Waals surface area contributed by atoms with E-state index in [1.807, 2.05) is 11.8 Å². The van der Waals surface area contributed by atoms with Crippen molar-refractivity contribution in [3.63, 3.8) is 0 Å². The Labute approximate surface area is 65.8 Å². The molecule has 1 saturated heterocycles. The molecule has 1 saturated carbocycles. The van der Waals surface area contributed by atoms with Crippen LogP contribution in [-0.2, 0) is 0 Å². The van der Waals surface area contributed by atoms with Crippen molar-refractivity contribution in [1.82, 2.24) is 0 Å². The van der Waals surface area contributed by atoms with Crippen LogP contribution in [0.2, 0.25) is 0 Å². The molecule has 1 nitrogen and oxygen atoms in total. The maximum Gasteiger partial charge on any atom is 0.0693 e. The maximum absolute atomic E-state index is 8.86. The summed E-state index contributed by atoms with van der Waals surface area (Å²) >= 11 is 2.01. The first-order valence-electron chi connectivity index (χ1n) is 3.86. The van der Waals surface area contributed by atoms with E-state index in [0.29, 0.717) is 0 Å². The van der Waals surface area contributed by atoms with E-state index in [1.54, 1.807) is 0 Å². The van der Waals surface area contributed by atoms with E-state index in [9.17, 15) is 0 Å². The molecule has 0 radical (unpaired) electrons. The molecule has 2 aliphatic rings. The molecule has 2 heteroatoms. The molecular weight excluding hydrogens is 142 g/mol. The molecule has 1 heterocycles. The third-order valence-corrected chi connectivity index (χ3v) is 3.88. The van der Waals surface area contributed by atoms with Crippen molar-refractivity contribution in [1.29, 1.82) is 5.26 Å². The highest BCUT2D eigenvalue weighted by molar-refractivity contribution is 7.99. The molecule has 1 aliphatic carbocycles. The minimum absolute atomic E-state index is 0.156. The van der Waals surface area contributed by atoms with Crippen molar-refractivity contribution in [3.8, 4) is 6.07 Å². The van der Waals surface area contributed by atoms with Gasteiger partial charge in [0, 0.05) is 0 Å². The number of nitriles is 1. The van der Waals surface area contributed by atoms with Gasteiger partial charge in [0.2, 0.25) is 0 Å². The molecule has 54 valence electrons. The van der Waals surface area contributed by atoms with E-state index >= 15 is 0 Å². The molecule has 0 N–H and O–H groups in total. The Kier molecular flexibility index (Phi) is 1.42. The highest BCUT2D eigenvalue weighted by Gasteiger charge is 2.50. The highest BCUT2D eigenvalue weighted by Crippen LogP contribution is 2.55. The summed E-state index contributed by atoms with van der Waals surface area (Å²) in [5.41, 5.74) is 0.156. The van der Waals surface area contributed by atoms with Crippen molar-refractivity contribution in [2.24, 2.45) is 11.3 Å². The molecular formula is C8H11NS. The van der Waals surface area contributed by atoms with Gasteiger partial charge >= 0.3 is 0 Å². The predicted octanol–water partition coefficient (Wildman–Crippen LogP) is 2.04.